The highest BCUT2D eigenvalue weighted by atomic mass is 16.6. The number of nitrogens with two attached hydrogens (primary N) is 1. The van der Waals surface area contributed by atoms with Gasteiger partial charge in [-0.3, -0.25) is 4.79 Å². The Bertz CT molecular complexity index is 692. The van der Waals surface area contributed by atoms with Gasteiger partial charge >= 0.3 is 6.09 Å². The second kappa shape index (κ2) is 8.28. The van der Waals surface area contributed by atoms with Crippen LogP contribution in [0.4, 0.5) is 16.4 Å². The molecule has 2 amide bonds. The molecular weight excluding hydrogens is 334 g/mol. The summed E-state index contributed by atoms with van der Waals surface area (Å²) in [6.07, 6.45) is 2.47. The maximum Gasteiger partial charge on any atom is 0.408 e. The van der Waals surface area contributed by atoms with Crippen molar-refractivity contribution in [2.45, 2.75) is 32.4 Å². The van der Waals surface area contributed by atoms with E-state index in [-0.39, 0.29) is 6.54 Å². The molecule has 3 N–H and O–H groups in total. The fourth-order valence-corrected chi connectivity index (χ4v) is 2.18. The first-order valence-electron chi connectivity index (χ1n) is 8.15. The molecule has 8 nitrogen and oxygen atoms in total. The molecule has 2 aromatic rings. The van der Waals surface area contributed by atoms with Crippen LogP contribution < -0.4 is 16.0 Å². The van der Waals surface area contributed by atoms with Crippen molar-refractivity contribution < 1.29 is 14.3 Å². The molecule has 8 heteroatoms. The molecule has 0 saturated carbocycles. The second-order valence-corrected chi connectivity index (χ2v) is 6.60. The van der Waals surface area contributed by atoms with E-state index in [0.29, 0.717) is 5.95 Å². The molecule has 1 heterocycles. The van der Waals surface area contributed by atoms with Crippen molar-refractivity contribution in [1.29, 1.82) is 0 Å². The Hall–Kier alpha value is -3.16. The number of hydrogen-bond acceptors (Lipinski definition) is 6. The molecule has 0 aliphatic heterocycles. The number of rotatable bonds is 6. The van der Waals surface area contributed by atoms with Gasteiger partial charge in [0.25, 0.3) is 0 Å². The fourth-order valence-electron chi connectivity index (χ4n) is 2.18. The summed E-state index contributed by atoms with van der Waals surface area (Å²) in [4.78, 5) is 34.1. The molecule has 0 aliphatic carbocycles. The zero-order valence-electron chi connectivity index (χ0n) is 15.0. The minimum absolute atomic E-state index is 0.0581. The number of nitrogens with zero attached hydrogens (tertiary/aromatic N) is 3. The monoisotopic (exact) mass is 357 g/mol. The number of nitrogens with one attached hydrogen (secondary N) is 1. The van der Waals surface area contributed by atoms with Crippen molar-refractivity contribution >= 4 is 23.6 Å². The number of ether oxygens (including phenoxy) is 1. The maximum atomic E-state index is 12.0. The van der Waals surface area contributed by atoms with E-state index in [1.54, 1.807) is 44.1 Å². The Labute approximate surface area is 152 Å². The van der Waals surface area contributed by atoms with E-state index < -0.39 is 23.6 Å². The van der Waals surface area contributed by atoms with Crippen molar-refractivity contribution in [1.82, 2.24) is 15.3 Å². The predicted octanol–water partition coefficient (Wildman–Crippen LogP) is 1.99. The summed E-state index contributed by atoms with van der Waals surface area (Å²) in [5.74, 6) is -0.302. The standard InChI is InChI=1S/C18H23N5O3/c1-18(2,3)26-17(25)22-14(15(19)24)12-23(13-8-5-4-6-9-13)16-20-10-7-11-21-16/h4-11,14H,12H2,1-3H3,(H2,19,24)(H,22,25). The number of aromatic nitrogens is 2. The van der Waals surface area contributed by atoms with Gasteiger partial charge in [-0.15, -0.1) is 0 Å². The van der Waals surface area contributed by atoms with Crippen LogP contribution in [0.25, 0.3) is 0 Å². The van der Waals surface area contributed by atoms with Gasteiger partial charge in [-0.1, -0.05) is 18.2 Å². The number of carbonyl (C=O) groups excluding carboxylic acids is 2. The maximum absolute atomic E-state index is 12.0. The minimum atomic E-state index is -0.992. The Morgan fingerprint density at radius 3 is 2.31 bits per heavy atom. The molecule has 1 aromatic heterocycles. The summed E-state index contributed by atoms with van der Waals surface area (Å²) in [7, 11) is 0. The molecule has 2 rings (SSSR count). The van der Waals surface area contributed by atoms with Gasteiger partial charge in [0.05, 0.1) is 6.54 Å². The van der Waals surface area contributed by atoms with Crippen LogP contribution in [-0.2, 0) is 9.53 Å². The highest BCUT2D eigenvalue weighted by molar-refractivity contribution is 5.85. The van der Waals surface area contributed by atoms with Crippen molar-refractivity contribution in [2.75, 3.05) is 11.4 Å². The molecule has 0 fully saturated rings. The number of alkyl carbamates (subject to hydrolysis) is 1. The van der Waals surface area contributed by atoms with Crippen molar-refractivity contribution in [2.24, 2.45) is 5.73 Å². The first-order valence-corrected chi connectivity index (χ1v) is 8.15. The molecule has 0 radical (unpaired) electrons. The van der Waals surface area contributed by atoms with Crippen LogP contribution in [0.3, 0.4) is 0 Å². The second-order valence-electron chi connectivity index (χ2n) is 6.60. The largest absolute Gasteiger partial charge is 0.444 e. The minimum Gasteiger partial charge on any atom is -0.444 e. The summed E-state index contributed by atoms with van der Waals surface area (Å²) < 4.78 is 5.20. The molecule has 1 atom stereocenters. The highest BCUT2D eigenvalue weighted by Gasteiger charge is 2.26. The molecular formula is C18H23N5O3. The number of para-hydroxylation sites is 1. The van der Waals surface area contributed by atoms with Gasteiger partial charge < -0.3 is 20.7 Å². The third-order valence-corrected chi connectivity index (χ3v) is 3.26. The summed E-state index contributed by atoms with van der Waals surface area (Å²) in [6.45, 7) is 5.27. The highest BCUT2D eigenvalue weighted by Crippen LogP contribution is 2.21. The predicted molar refractivity (Wildman–Crippen MR) is 97.8 cm³/mol. The van der Waals surface area contributed by atoms with E-state index >= 15 is 0 Å². The van der Waals surface area contributed by atoms with Crippen molar-refractivity contribution in [3.63, 3.8) is 0 Å². The third-order valence-electron chi connectivity index (χ3n) is 3.26. The van der Waals surface area contributed by atoms with Gasteiger partial charge in [-0.25, -0.2) is 14.8 Å². The molecule has 1 unspecified atom stereocenters. The molecule has 26 heavy (non-hydrogen) atoms. The lowest BCUT2D eigenvalue weighted by molar-refractivity contribution is -0.119. The molecule has 0 aliphatic rings. The van der Waals surface area contributed by atoms with Crippen LogP contribution >= 0.6 is 0 Å². The summed E-state index contributed by atoms with van der Waals surface area (Å²) >= 11 is 0. The third kappa shape index (κ3) is 5.73. The average Bonchev–Trinajstić information content (AvgIpc) is 2.58. The van der Waals surface area contributed by atoms with Crippen LogP contribution in [-0.4, -0.2) is 40.2 Å². The van der Waals surface area contributed by atoms with Gasteiger partial charge in [0.2, 0.25) is 11.9 Å². The Morgan fingerprint density at radius 2 is 1.77 bits per heavy atom. The smallest absolute Gasteiger partial charge is 0.408 e. The number of carbonyl (C=O) groups is 2. The van der Waals surface area contributed by atoms with Gasteiger partial charge in [0.15, 0.2) is 0 Å². The summed E-state index contributed by atoms with van der Waals surface area (Å²) in [5, 5.41) is 2.51. The van der Waals surface area contributed by atoms with E-state index in [1.165, 1.54) is 0 Å². The van der Waals surface area contributed by atoms with E-state index in [9.17, 15) is 9.59 Å². The number of anilines is 2. The molecule has 0 saturated heterocycles. The first kappa shape index (κ1) is 19.2. The van der Waals surface area contributed by atoms with E-state index in [4.69, 9.17) is 10.5 Å². The normalized spacial score (nSPS) is 12.1. The van der Waals surface area contributed by atoms with Crippen molar-refractivity contribution in [3.8, 4) is 0 Å². The van der Waals surface area contributed by atoms with Crippen LogP contribution in [0.2, 0.25) is 0 Å². The van der Waals surface area contributed by atoms with Crippen LogP contribution in [0.15, 0.2) is 48.8 Å². The van der Waals surface area contributed by atoms with Crippen LogP contribution in [0, 0.1) is 0 Å². The van der Waals surface area contributed by atoms with Gasteiger partial charge in [0.1, 0.15) is 11.6 Å². The fraction of sp³-hybridized carbons (Fsp3) is 0.333. The summed E-state index contributed by atoms with van der Waals surface area (Å²) in [5.41, 5.74) is 5.55. The van der Waals surface area contributed by atoms with E-state index in [2.05, 4.69) is 15.3 Å². The Morgan fingerprint density at radius 1 is 1.15 bits per heavy atom. The van der Waals surface area contributed by atoms with Crippen LogP contribution in [0.5, 0.6) is 0 Å². The van der Waals surface area contributed by atoms with Crippen molar-refractivity contribution in [3.05, 3.63) is 48.8 Å². The Balaban J connectivity index is 2.24. The van der Waals surface area contributed by atoms with Gasteiger partial charge in [-0.05, 0) is 39.0 Å². The molecule has 0 bridgehead atoms. The number of primary amides is 1. The van der Waals surface area contributed by atoms with Gasteiger partial charge in [0, 0.05) is 18.1 Å². The van der Waals surface area contributed by atoms with Crippen LogP contribution in [0.1, 0.15) is 20.8 Å². The molecule has 1 aromatic carbocycles. The zero-order valence-corrected chi connectivity index (χ0v) is 15.0. The lowest BCUT2D eigenvalue weighted by Crippen LogP contribution is -2.51. The van der Waals surface area contributed by atoms with E-state index in [1.807, 2.05) is 30.3 Å². The number of amides is 2. The van der Waals surface area contributed by atoms with E-state index in [0.717, 1.165) is 5.69 Å². The molecule has 138 valence electrons. The Kier molecular flexibility index (Phi) is 6.11. The number of hydrogen-bond donors (Lipinski definition) is 2. The quantitative estimate of drug-likeness (QED) is 0.818. The number of benzene rings is 1. The lowest BCUT2D eigenvalue weighted by atomic mass is 10.2. The molecule has 0 spiro atoms. The van der Waals surface area contributed by atoms with Gasteiger partial charge in [-0.2, -0.15) is 0 Å². The lowest BCUT2D eigenvalue weighted by Gasteiger charge is -2.27. The average molecular weight is 357 g/mol. The topological polar surface area (TPSA) is 110 Å². The SMILES string of the molecule is CC(C)(C)OC(=O)NC(CN(c1ccccc1)c1ncccn1)C(N)=O. The zero-order chi connectivity index (χ0) is 19.2. The summed E-state index contributed by atoms with van der Waals surface area (Å²) in [6, 6.07) is 9.98. The first-order chi connectivity index (χ1) is 12.3.